The van der Waals surface area contributed by atoms with E-state index in [1.165, 1.54) is 12.8 Å². The highest BCUT2D eigenvalue weighted by Gasteiger charge is 2.38. The predicted octanol–water partition coefficient (Wildman–Crippen LogP) is 4.69. The van der Waals surface area contributed by atoms with Crippen LogP contribution in [-0.2, 0) is 0 Å². The number of nitriles is 1. The topological polar surface area (TPSA) is 81.0 Å². The number of piperidine rings is 1. The minimum absolute atomic E-state index is 0.136. The Morgan fingerprint density at radius 3 is 2.59 bits per heavy atom. The molecule has 1 saturated carbocycles. The molecule has 1 saturated heterocycles. The number of nitrogens with zero attached hydrogens (tertiary/aromatic N) is 3. The molecular weight excluding hydrogens is 382 g/mol. The fourth-order valence-corrected chi connectivity index (χ4v) is 4.05. The van der Waals surface area contributed by atoms with Crippen LogP contribution < -0.4 is 14.9 Å². The summed E-state index contributed by atoms with van der Waals surface area (Å²) >= 11 is 1.75. The summed E-state index contributed by atoms with van der Waals surface area (Å²) in [7, 11) is 0. The second kappa shape index (κ2) is 8.34. The van der Waals surface area contributed by atoms with Crippen molar-refractivity contribution >= 4 is 35.2 Å². The molecule has 0 atom stereocenters. The second-order valence-electron chi connectivity index (χ2n) is 7.96. The molecule has 6 nitrogen and oxygen atoms in total. The van der Waals surface area contributed by atoms with E-state index >= 15 is 0 Å². The summed E-state index contributed by atoms with van der Waals surface area (Å²) in [6, 6.07) is 15.5. The first-order valence-electron chi connectivity index (χ1n) is 10.0. The number of pyridine rings is 1. The van der Waals surface area contributed by atoms with Crippen molar-refractivity contribution in [2.75, 3.05) is 28.0 Å². The van der Waals surface area contributed by atoms with Crippen molar-refractivity contribution in [3.05, 3.63) is 48.0 Å². The molecule has 0 radical (unpaired) electrons. The average Bonchev–Trinajstić information content (AvgIpc) is 3.50. The molecule has 1 aliphatic carbocycles. The Kier molecular flexibility index (Phi) is 5.63. The first-order chi connectivity index (χ1) is 14.0. The Morgan fingerprint density at radius 1 is 1.21 bits per heavy atom. The third-order valence-corrected chi connectivity index (χ3v) is 6.73. The standard InChI is InChI=1S/C22H25N5OS/c1-22(11-12-22)29-26-18-7-5-17(6-8-18)21(28)25-19-3-2-4-20(24-19)27-13-9-16(15-23)10-14-27/h2-8,16,26H,9-14H2,1H3,(H,24,25,28). The fraction of sp³-hybridized carbons (Fsp3) is 0.409. The van der Waals surface area contributed by atoms with Crippen LogP contribution in [0.3, 0.4) is 0 Å². The highest BCUT2D eigenvalue weighted by molar-refractivity contribution is 8.02. The zero-order valence-corrected chi connectivity index (χ0v) is 17.3. The molecule has 2 aromatic rings. The molecule has 29 heavy (non-hydrogen) atoms. The van der Waals surface area contributed by atoms with Crippen LogP contribution in [0.4, 0.5) is 17.3 Å². The summed E-state index contributed by atoms with van der Waals surface area (Å²) < 4.78 is 3.72. The molecule has 1 amide bonds. The van der Waals surface area contributed by atoms with Crippen molar-refractivity contribution in [2.45, 2.75) is 37.4 Å². The minimum Gasteiger partial charge on any atom is -0.356 e. The molecule has 4 rings (SSSR count). The van der Waals surface area contributed by atoms with Gasteiger partial charge < -0.3 is 14.9 Å². The van der Waals surface area contributed by atoms with Crippen molar-refractivity contribution in [1.29, 1.82) is 5.26 Å². The lowest BCUT2D eigenvalue weighted by molar-refractivity contribution is 0.102. The van der Waals surface area contributed by atoms with Gasteiger partial charge in [0.2, 0.25) is 0 Å². The predicted molar refractivity (Wildman–Crippen MR) is 118 cm³/mol. The monoisotopic (exact) mass is 407 g/mol. The number of rotatable bonds is 6. The minimum atomic E-state index is -0.175. The van der Waals surface area contributed by atoms with E-state index in [9.17, 15) is 4.79 Å². The summed E-state index contributed by atoms with van der Waals surface area (Å²) in [5.41, 5.74) is 1.60. The normalized spacial score (nSPS) is 18.0. The molecule has 0 unspecified atom stereocenters. The van der Waals surface area contributed by atoms with Crippen LogP contribution in [0, 0.1) is 17.2 Å². The van der Waals surface area contributed by atoms with Crippen molar-refractivity contribution < 1.29 is 4.79 Å². The molecule has 2 heterocycles. The maximum absolute atomic E-state index is 12.6. The Labute approximate surface area is 175 Å². The molecule has 2 aliphatic rings. The van der Waals surface area contributed by atoms with Gasteiger partial charge in [0.25, 0.3) is 5.91 Å². The largest absolute Gasteiger partial charge is 0.356 e. The lowest BCUT2D eigenvalue weighted by Gasteiger charge is -2.30. The second-order valence-corrected chi connectivity index (χ2v) is 9.35. The third kappa shape index (κ3) is 5.01. The van der Waals surface area contributed by atoms with Gasteiger partial charge in [-0.3, -0.25) is 4.79 Å². The molecule has 2 N–H and O–H groups in total. The number of hydrogen-bond donors (Lipinski definition) is 2. The van der Waals surface area contributed by atoms with Gasteiger partial charge in [0, 0.05) is 35.0 Å². The lowest BCUT2D eigenvalue weighted by Crippen LogP contribution is -2.33. The fourth-order valence-electron chi connectivity index (χ4n) is 3.25. The van der Waals surface area contributed by atoms with Crippen LogP contribution in [0.15, 0.2) is 42.5 Å². The van der Waals surface area contributed by atoms with E-state index < -0.39 is 0 Å². The maximum Gasteiger partial charge on any atom is 0.256 e. The Hall–Kier alpha value is -2.72. The Balaban J connectivity index is 1.35. The molecule has 150 valence electrons. The van der Waals surface area contributed by atoms with Crippen LogP contribution in [0.25, 0.3) is 0 Å². The van der Waals surface area contributed by atoms with Crippen LogP contribution in [0.2, 0.25) is 0 Å². The number of amides is 1. The van der Waals surface area contributed by atoms with Crippen molar-refractivity contribution in [3.8, 4) is 6.07 Å². The number of hydrogen-bond acceptors (Lipinski definition) is 6. The van der Waals surface area contributed by atoms with E-state index in [-0.39, 0.29) is 11.8 Å². The summed E-state index contributed by atoms with van der Waals surface area (Å²) in [6.45, 7) is 3.88. The molecule has 1 aliphatic heterocycles. The van der Waals surface area contributed by atoms with Gasteiger partial charge in [0.15, 0.2) is 0 Å². The molecule has 1 aromatic heterocycles. The number of carbonyl (C=O) groups is 1. The summed E-state index contributed by atoms with van der Waals surface area (Å²) in [5.74, 6) is 1.34. The van der Waals surface area contributed by atoms with Crippen molar-refractivity contribution in [1.82, 2.24) is 4.98 Å². The highest BCUT2D eigenvalue weighted by Crippen LogP contribution is 2.47. The Bertz CT molecular complexity index is 912. The maximum atomic E-state index is 12.6. The van der Waals surface area contributed by atoms with Gasteiger partial charge in [-0.05, 0) is 81.0 Å². The van der Waals surface area contributed by atoms with E-state index in [0.717, 1.165) is 37.4 Å². The van der Waals surface area contributed by atoms with Crippen LogP contribution in [0.1, 0.15) is 43.0 Å². The zero-order valence-electron chi connectivity index (χ0n) is 16.5. The zero-order chi connectivity index (χ0) is 20.3. The average molecular weight is 408 g/mol. The van der Waals surface area contributed by atoms with Crippen LogP contribution in [-0.4, -0.2) is 28.7 Å². The van der Waals surface area contributed by atoms with Gasteiger partial charge in [-0.15, -0.1) is 0 Å². The number of aromatic nitrogens is 1. The Morgan fingerprint density at radius 2 is 1.93 bits per heavy atom. The van der Waals surface area contributed by atoms with Gasteiger partial charge in [0.05, 0.1) is 6.07 Å². The smallest absolute Gasteiger partial charge is 0.256 e. The SMILES string of the molecule is CC1(SNc2ccc(C(=O)Nc3cccc(N4CCC(C#N)CC4)n3)cc2)CC1. The van der Waals surface area contributed by atoms with Gasteiger partial charge in [-0.2, -0.15) is 5.26 Å². The molecular formula is C22H25N5OS. The lowest BCUT2D eigenvalue weighted by atomic mass is 9.99. The van der Waals surface area contributed by atoms with Gasteiger partial charge in [-0.1, -0.05) is 6.07 Å². The van der Waals surface area contributed by atoms with Gasteiger partial charge >= 0.3 is 0 Å². The van der Waals surface area contributed by atoms with Crippen LogP contribution >= 0.6 is 11.9 Å². The summed E-state index contributed by atoms with van der Waals surface area (Å²) in [4.78, 5) is 19.4. The molecule has 1 aromatic carbocycles. The first-order valence-corrected chi connectivity index (χ1v) is 10.8. The van der Waals surface area contributed by atoms with Crippen molar-refractivity contribution in [3.63, 3.8) is 0 Å². The number of benzene rings is 1. The first kappa shape index (κ1) is 19.6. The molecule has 0 bridgehead atoms. The quantitative estimate of drug-likeness (QED) is 0.677. The van der Waals surface area contributed by atoms with E-state index in [1.807, 2.05) is 36.4 Å². The van der Waals surface area contributed by atoms with Crippen LogP contribution in [0.5, 0.6) is 0 Å². The third-order valence-electron chi connectivity index (χ3n) is 5.49. The highest BCUT2D eigenvalue weighted by atomic mass is 32.2. The summed E-state index contributed by atoms with van der Waals surface area (Å²) in [5, 5.41) is 11.9. The van der Waals surface area contributed by atoms with E-state index in [2.05, 4.69) is 32.9 Å². The number of carbonyl (C=O) groups excluding carboxylic acids is 1. The van der Waals surface area contributed by atoms with Crippen molar-refractivity contribution in [2.24, 2.45) is 5.92 Å². The van der Waals surface area contributed by atoms with E-state index in [1.54, 1.807) is 18.0 Å². The van der Waals surface area contributed by atoms with E-state index in [0.29, 0.717) is 16.1 Å². The molecule has 0 spiro atoms. The van der Waals surface area contributed by atoms with E-state index in [4.69, 9.17) is 5.26 Å². The number of nitrogens with one attached hydrogen (secondary N) is 2. The molecule has 2 fully saturated rings. The number of anilines is 3. The molecule has 7 heteroatoms. The van der Waals surface area contributed by atoms with Gasteiger partial charge in [-0.25, -0.2) is 4.98 Å². The summed E-state index contributed by atoms with van der Waals surface area (Å²) in [6.07, 6.45) is 4.19. The van der Waals surface area contributed by atoms with Gasteiger partial charge in [0.1, 0.15) is 11.6 Å².